The normalized spacial score (nSPS) is 10.6. The molecule has 0 saturated heterocycles. The Labute approximate surface area is 219 Å². The van der Waals surface area contributed by atoms with Crippen molar-refractivity contribution in [3.05, 3.63) is 69.1 Å². The second-order valence-corrected chi connectivity index (χ2v) is 9.81. The SMILES string of the molecule is CC(C)COc1ccccc1C(=O)NC(=S)NNC(=O)COc1ccc2cc(Br)ccc2c1Br. The number of rotatable bonds is 7. The van der Waals surface area contributed by atoms with Crippen LogP contribution in [-0.2, 0) is 4.79 Å². The molecule has 3 aromatic carbocycles. The van der Waals surface area contributed by atoms with Crippen molar-refractivity contribution in [3.8, 4) is 11.5 Å². The van der Waals surface area contributed by atoms with E-state index >= 15 is 0 Å². The van der Waals surface area contributed by atoms with E-state index in [0.29, 0.717) is 29.6 Å². The summed E-state index contributed by atoms with van der Waals surface area (Å²) in [5, 5.41) is 4.45. The van der Waals surface area contributed by atoms with Crippen LogP contribution in [0.5, 0.6) is 11.5 Å². The van der Waals surface area contributed by atoms with Crippen LogP contribution >= 0.6 is 44.1 Å². The van der Waals surface area contributed by atoms with E-state index in [1.807, 2.05) is 38.1 Å². The first-order chi connectivity index (χ1) is 16.2. The van der Waals surface area contributed by atoms with E-state index in [-0.39, 0.29) is 11.7 Å². The minimum atomic E-state index is -0.472. The lowest BCUT2D eigenvalue weighted by Crippen LogP contribution is -2.49. The van der Waals surface area contributed by atoms with Gasteiger partial charge >= 0.3 is 0 Å². The highest BCUT2D eigenvalue weighted by Crippen LogP contribution is 2.34. The molecule has 0 fully saturated rings. The summed E-state index contributed by atoms with van der Waals surface area (Å²) in [6, 6.07) is 16.4. The van der Waals surface area contributed by atoms with Crippen molar-refractivity contribution in [3.63, 3.8) is 0 Å². The maximum Gasteiger partial charge on any atom is 0.276 e. The number of halogens is 2. The van der Waals surface area contributed by atoms with Crippen LogP contribution in [0.15, 0.2) is 63.5 Å². The van der Waals surface area contributed by atoms with Crippen molar-refractivity contribution in [2.75, 3.05) is 13.2 Å². The van der Waals surface area contributed by atoms with Gasteiger partial charge in [-0.2, -0.15) is 0 Å². The average molecular weight is 609 g/mol. The number of carbonyl (C=O) groups excluding carboxylic acids is 2. The van der Waals surface area contributed by atoms with E-state index in [1.165, 1.54) is 0 Å². The van der Waals surface area contributed by atoms with E-state index < -0.39 is 11.8 Å². The van der Waals surface area contributed by atoms with Gasteiger partial charge in [-0.25, -0.2) is 0 Å². The van der Waals surface area contributed by atoms with Crippen LogP contribution < -0.4 is 25.6 Å². The largest absolute Gasteiger partial charge is 0.492 e. The first kappa shape index (κ1) is 25.9. The Balaban J connectivity index is 1.50. The molecule has 0 radical (unpaired) electrons. The molecule has 178 valence electrons. The van der Waals surface area contributed by atoms with Crippen molar-refractivity contribution in [2.45, 2.75) is 13.8 Å². The number of hydrogen-bond acceptors (Lipinski definition) is 5. The molecule has 0 spiro atoms. The molecule has 0 aromatic heterocycles. The number of hydrazine groups is 1. The molecule has 10 heteroatoms. The van der Waals surface area contributed by atoms with Crippen LogP contribution in [0.1, 0.15) is 24.2 Å². The van der Waals surface area contributed by atoms with Gasteiger partial charge in [-0.1, -0.05) is 54.0 Å². The highest BCUT2D eigenvalue weighted by atomic mass is 79.9. The van der Waals surface area contributed by atoms with E-state index in [9.17, 15) is 9.59 Å². The van der Waals surface area contributed by atoms with Crippen molar-refractivity contribution in [1.82, 2.24) is 16.2 Å². The number of para-hydroxylation sites is 1. The molecule has 3 rings (SSSR count). The highest BCUT2D eigenvalue weighted by Gasteiger charge is 2.15. The molecular formula is C24H23Br2N3O4S. The number of hydrogen-bond donors (Lipinski definition) is 3. The Morgan fingerprint density at radius 1 is 0.971 bits per heavy atom. The summed E-state index contributed by atoms with van der Waals surface area (Å²) in [6.07, 6.45) is 0. The molecule has 0 aliphatic rings. The molecule has 0 bridgehead atoms. The number of ether oxygens (including phenoxy) is 2. The van der Waals surface area contributed by atoms with Gasteiger partial charge in [-0.15, -0.1) is 0 Å². The maximum absolute atomic E-state index is 12.6. The topological polar surface area (TPSA) is 88.7 Å². The summed E-state index contributed by atoms with van der Waals surface area (Å²) in [7, 11) is 0. The predicted octanol–water partition coefficient (Wildman–Crippen LogP) is 5.11. The molecule has 0 unspecified atom stereocenters. The molecule has 0 saturated carbocycles. The maximum atomic E-state index is 12.6. The zero-order valence-corrected chi connectivity index (χ0v) is 22.5. The smallest absolute Gasteiger partial charge is 0.276 e. The summed E-state index contributed by atoms with van der Waals surface area (Å²) >= 11 is 12.1. The third-order valence-electron chi connectivity index (χ3n) is 4.49. The lowest BCUT2D eigenvalue weighted by Gasteiger charge is -2.15. The monoisotopic (exact) mass is 607 g/mol. The van der Waals surface area contributed by atoms with Crippen molar-refractivity contribution in [1.29, 1.82) is 0 Å². The predicted molar refractivity (Wildman–Crippen MR) is 143 cm³/mol. The lowest BCUT2D eigenvalue weighted by atomic mass is 10.1. The Morgan fingerprint density at radius 3 is 2.50 bits per heavy atom. The Kier molecular flexibility index (Phi) is 9.26. The number of amides is 2. The lowest BCUT2D eigenvalue weighted by molar-refractivity contribution is -0.123. The fourth-order valence-electron chi connectivity index (χ4n) is 2.90. The zero-order chi connectivity index (χ0) is 24.7. The van der Waals surface area contributed by atoms with Crippen LogP contribution in [0.3, 0.4) is 0 Å². The van der Waals surface area contributed by atoms with Crippen LogP contribution in [0.25, 0.3) is 10.8 Å². The van der Waals surface area contributed by atoms with Gasteiger partial charge in [0.2, 0.25) is 0 Å². The van der Waals surface area contributed by atoms with Gasteiger partial charge in [-0.3, -0.25) is 25.8 Å². The van der Waals surface area contributed by atoms with E-state index in [1.54, 1.807) is 30.3 Å². The first-order valence-electron chi connectivity index (χ1n) is 10.4. The second kappa shape index (κ2) is 12.1. The molecule has 0 aliphatic carbocycles. The summed E-state index contributed by atoms with van der Waals surface area (Å²) in [5.41, 5.74) is 5.25. The molecule has 0 atom stereocenters. The summed E-state index contributed by atoms with van der Waals surface area (Å²) in [4.78, 5) is 24.8. The number of carbonyl (C=O) groups is 2. The molecule has 34 heavy (non-hydrogen) atoms. The van der Waals surface area contributed by atoms with Gasteiger partial charge in [-0.05, 0) is 75.2 Å². The van der Waals surface area contributed by atoms with Gasteiger partial charge in [0.25, 0.3) is 11.8 Å². The second-order valence-electron chi connectivity index (χ2n) is 7.69. The van der Waals surface area contributed by atoms with Crippen molar-refractivity contribution in [2.24, 2.45) is 5.92 Å². The molecule has 3 aromatic rings. The van der Waals surface area contributed by atoms with E-state index in [2.05, 4.69) is 48.0 Å². The molecule has 2 amide bonds. The van der Waals surface area contributed by atoms with Crippen LogP contribution in [0, 0.1) is 5.92 Å². The van der Waals surface area contributed by atoms with Gasteiger partial charge in [0.1, 0.15) is 11.5 Å². The Hall–Kier alpha value is -2.69. The average Bonchev–Trinajstić information content (AvgIpc) is 2.81. The molecule has 0 aliphatic heterocycles. The number of benzene rings is 3. The molecule has 0 heterocycles. The zero-order valence-electron chi connectivity index (χ0n) is 18.5. The van der Waals surface area contributed by atoms with Crippen LogP contribution in [0.2, 0.25) is 0 Å². The van der Waals surface area contributed by atoms with Gasteiger partial charge in [0, 0.05) is 4.47 Å². The van der Waals surface area contributed by atoms with Crippen LogP contribution in [-0.4, -0.2) is 30.1 Å². The summed E-state index contributed by atoms with van der Waals surface area (Å²) in [5.74, 6) is 0.379. The molecule has 3 N–H and O–H groups in total. The van der Waals surface area contributed by atoms with Gasteiger partial charge in [0.15, 0.2) is 11.7 Å². The Bertz CT molecular complexity index is 1220. The highest BCUT2D eigenvalue weighted by molar-refractivity contribution is 9.11. The number of fused-ring (bicyclic) bond motifs is 1. The fourth-order valence-corrected chi connectivity index (χ4v) is 4.03. The molecular weight excluding hydrogens is 586 g/mol. The van der Waals surface area contributed by atoms with Crippen molar-refractivity contribution >= 4 is 71.8 Å². The minimum Gasteiger partial charge on any atom is -0.492 e. The Morgan fingerprint density at radius 2 is 1.74 bits per heavy atom. The minimum absolute atomic E-state index is 0.0607. The van der Waals surface area contributed by atoms with Crippen molar-refractivity contribution < 1.29 is 19.1 Å². The third kappa shape index (κ3) is 7.15. The van der Waals surface area contributed by atoms with Gasteiger partial charge in [0.05, 0.1) is 16.6 Å². The van der Waals surface area contributed by atoms with E-state index in [0.717, 1.165) is 19.7 Å². The van der Waals surface area contributed by atoms with E-state index in [4.69, 9.17) is 21.7 Å². The fraction of sp³-hybridized carbons (Fsp3) is 0.208. The number of nitrogens with one attached hydrogen (secondary N) is 3. The molecule has 7 nitrogen and oxygen atoms in total. The third-order valence-corrected chi connectivity index (χ3v) is 6.00. The quantitative estimate of drug-likeness (QED) is 0.255. The standard InChI is InChI=1S/C24H23Br2N3O4S/c1-14(2)12-32-19-6-4-3-5-18(19)23(31)27-24(34)29-28-21(30)13-33-20-10-7-15-11-16(25)8-9-17(15)22(20)26/h3-11,14H,12-13H2,1-2H3,(H,28,30)(H2,27,29,31,34). The summed E-state index contributed by atoms with van der Waals surface area (Å²) in [6.45, 7) is 4.27. The first-order valence-corrected chi connectivity index (χ1v) is 12.4. The summed E-state index contributed by atoms with van der Waals surface area (Å²) < 4.78 is 13.0. The van der Waals surface area contributed by atoms with Gasteiger partial charge < -0.3 is 9.47 Å². The van der Waals surface area contributed by atoms with Crippen LogP contribution in [0.4, 0.5) is 0 Å². The number of thiocarbonyl (C=S) groups is 1.